The van der Waals surface area contributed by atoms with Crippen LogP contribution in [0.5, 0.6) is 0 Å². The highest BCUT2D eigenvalue weighted by Gasteiger charge is 2.02. The third-order valence-corrected chi connectivity index (χ3v) is 1.84. The molecule has 0 aliphatic carbocycles. The molecule has 2 aromatic rings. The lowest BCUT2D eigenvalue weighted by Crippen LogP contribution is -2.02. The van der Waals surface area contributed by atoms with E-state index in [2.05, 4.69) is 20.4 Å². The second-order valence-corrected chi connectivity index (χ2v) is 2.87. The van der Waals surface area contributed by atoms with E-state index in [4.69, 9.17) is 5.73 Å². The van der Waals surface area contributed by atoms with E-state index >= 15 is 0 Å². The van der Waals surface area contributed by atoms with Crippen molar-refractivity contribution in [3.8, 4) is 0 Å². The maximum absolute atomic E-state index is 5.68. The highest BCUT2D eigenvalue weighted by atomic mass is 15.3. The molecule has 0 atom stereocenters. The van der Waals surface area contributed by atoms with Crippen LogP contribution >= 0.6 is 0 Å². The molecular formula is C9H9N5. The molecule has 0 bridgehead atoms. The number of nitrogens with zero attached hydrogens (tertiary/aromatic N) is 4. The van der Waals surface area contributed by atoms with Crippen LogP contribution in [0.15, 0.2) is 30.7 Å². The van der Waals surface area contributed by atoms with Gasteiger partial charge in [-0.25, -0.2) is 0 Å². The quantitative estimate of drug-likeness (QED) is 0.738. The van der Waals surface area contributed by atoms with Crippen LogP contribution in [0.3, 0.4) is 0 Å². The number of hydrogen-bond acceptors (Lipinski definition) is 5. The Bertz CT molecular complexity index is 415. The SMILES string of the molecule is Nc1cnnnc1Cc1cccnc1. The summed E-state index contributed by atoms with van der Waals surface area (Å²) < 4.78 is 0. The number of rotatable bonds is 2. The predicted molar refractivity (Wildman–Crippen MR) is 51.3 cm³/mol. The first-order chi connectivity index (χ1) is 6.86. The number of nitrogens with two attached hydrogens (primary N) is 1. The molecule has 5 nitrogen and oxygen atoms in total. The Kier molecular flexibility index (Phi) is 2.31. The summed E-state index contributed by atoms with van der Waals surface area (Å²) in [5.74, 6) is 0. The lowest BCUT2D eigenvalue weighted by molar-refractivity contribution is 0.824. The van der Waals surface area contributed by atoms with Crippen molar-refractivity contribution >= 4 is 5.69 Å². The zero-order valence-electron chi connectivity index (χ0n) is 7.46. The largest absolute Gasteiger partial charge is 0.396 e. The Hall–Kier alpha value is -2.04. The van der Waals surface area contributed by atoms with Gasteiger partial charge in [0.25, 0.3) is 0 Å². The second-order valence-electron chi connectivity index (χ2n) is 2.87. The summed E-state index contributed by atoms with van der Waals surface area (Å²) in [4.78, 5) is 4.01. The fourth-order valence-corrected chi connectivity index (χ4v) is 1.13. The third-order valence-electron chi connectivity index (χ3n) is 1.84. The number of aromatic nitrogens is 4. The molecule has 2 N–H and O–H groups in total. The molecule has 2 aromatic heterocycles. The van der Waals surface area contributed by atoms with Gasteiger partial charge in [0, 0.05) is 18.8 Å². The van der Waals surface area contributed by atoms with Crippen molar-refractivity contribution in [2.45, 2.75) is 6.42 Å². The van der Waals surface area contributed by atoms with Gasteiger partial charge in [0.2, 0.25) is 0 Å². The summed E-state index contributed by atoms with van der Waals surface area (Å²) in [6.07, 6.45) is 5.64. The molecule has 0 aliphatic heterocycles. The lowest BCUT2D eigenvalue weighted by atomic mass is 10.1. The molecule has 0 spiro atoms. The second kappa shape index (κ2) is 3.78. The van der Waals surface area contributed by atoms with E-state index in [9.17, 15) is 0 Å². The molecule has 0 saturated heterocycles. The van der Waals surface area contributed by atoms with Crippen LogP contribution in [0.4, 0.5) is 5.69 Å². The van der Waals surface area contributed by atoms with Gasteiger partial charge >= 0.3 is 0 Å². The number of nitrogen functional groups attached to an aromatic ring is 1. The molecule has 0 fully saturated rings. The molecule has 70 valence electrons. The molecule has 0 aromatic carbocycles. The van der Waals surface area contributed by atoms with E-state index in [1.807, 2.05) is 12.1 Å². The Morgan fingerprint density at radius 2 is 2.21 bits per heavy atom. The van der Waals surface area contributed by atoms with Gasteiger partial charge < -0.3 is 5.73 Å². The zero-order chi connectivity index (χ0) is 9.80. The van der Waals surface area contributed by atoms with Gasteiger partial charge in [0.1, 0.15) is 0 Å². The number of hydrogen-bond donors (Lipinski definition) is 1. The minimum Gasteiger partial charge on any atom is -0.396 e. The van der Waals surface area contributed by atoms with Crippen molar-refractivity contribution in [1.82, 2.24) is 20.4 Å². The van der Waals surface area contributed by atoms with Crippen LogP contribution in [0.25, 0.3) is 0 Å². The van der Waals surface area contributed by atoms with Crippen molar-refractivity contribution in [1.29, 1.82) is 0 Å². The van der Waals surface area contributed by atoms with Gasteiger partial charge in [-0.3, -0.25) is 4.98 Å². The molecule has 0 aliphatic rings. The van der Waals surface area contributed by atoms with Crippen LogP contribution < -0.4 is 5.73 Å². The lowest BCUT2D eigenvalue weighted by Gasteiger charge is -2.01. The van der Waals surface area contributed by atoms with Crippen molar-refractivity contribution in [3.05, 3.63) is 42.0 Å². The van der Waals surface area contributed by atoms with Gasteiger partial charge in [0.15, 0.2) is 0 Å². The van der Waals surface area contributed by atoms with Crippen LogP contribution in [0.2, 0.25) is 0 Å². The van der Waals surface area contributed by atoms with E-state index in [0.29, 0.717) is 12.1 Å². The molecule has 2 rings (SSSR count). The van der Waals surface area contributed by atoms with Crippen LogP contribution in [-0.2, 0) is 6.42 Å². The Labute approximate surface area is 81.0 Å². The minimum absolute atomic E-state index is 0.559. The molecule has 0 saturated carbocycles. The van der Waals surface area contributed by atoms with Crippen LogP contribution in [0, 0.1) is 0 Å². The van der Waals surface area contributed by atoms with Crippen molar-refractivity contribution in [2.24, 2.45) is 0 Å². The van der Waals surface area contributed by atoms with Gasteiger partial charge in [-0.2, -0.15) is 0 Å². The fourth-order valence-electron chi connectivity index (χ4n) is 1.13. The summed E-state index contributed by atoms with van der Waals surface area (Å²) in [5.41, 5.74) is 8.03. The Morgan fingerprint density at radius 3 is 2.93 bits per heavy atom. The summed E-state index contributed by atoms with van der Waals surface area (Å²) in [6.45, 7) is 0. The van der Waals surface area contributed by atoms with Crippen molar-refractivity contribution in [3.63, 3.8) is 0 Å². The molecular weight excluding hydrogens is 178 g/mol. The first-order valence-electron chi connectivity index (χ1n) is 4.18. The molecule has 14 heavy (non-hydrogen) atoms. The first-order valence-corrected chi connectivity index (χ1v) is 4.18. The molecule has 0 amide bonds. The highest BCUT2D eigenvalue weighted by molar-refractivity contribution is 5.41. The van der Waals surface area contributed by atoms with Gasteiger partial charge in [-0.1, -0.05) is 6.07 Å². The van der Waals surface area contributed by atoms with Crippen molar-refractivity contribution in [2.75, 3.05) is 5.73 Å². The molecule has 0 unspecified atom stereocenters. The fraction of sp³-hybridized carbons (Fsp3) is 0.111. The maximum Gasteiger partial charge on any atom is 0.0938 e. The molecule has 0 radical (unpaired) electrons. The first kappa shape index (κ1) is 8.55. The minimum atomic E-state index is 0.559. The van der Waals surface area contributed by atoms with E-state index in [-0.39, 0.29) is 0 Å². The smallest absolute Gasteiger partial charge is 0.0938 e. The predicted octanol–water partition coefficient (Wildman–Crippen LogP) is 0.440. The monoisotopic (exact) mass is 187 g/mol. The summed E-state index contributed by atoms with van der Waals surface area (Å²) in [7, 11) is 0. The Morgan fingerprint density at radius 1 is 1.29 bits per heavy atom. The maximum atomic E-state index is 5.68. The average Bonchev–Trinajstić information content (AvgIpc) is 2.23. The van der Waals surface area contributed by atoms with E-state index in [0.717, 1.165) is 11.3 Å². The van der Waals surface area contributed by atoms with Gasteiger partial charge in [0.05, 0.1) is 17.6 Å². The van der Waals surface area contributed by atoms with Crippen LogP contribution in [0.1, 0.15) is 11.3 Å². The van der Waals surface area contributed by atoms with E-state index in [1.165, 1.54) is 6.20 Å². The Balaban J connectivity index is 2.24. The molecule has 2 heterocycles. The zero-order valence-corrected chi connectivity index (χ0v) is 7.46. The molecule has 5 heteroatoms. The van der Waals surface area contributed by atoms with Crippen LogP contribution in [-0.4, -0.2) is 20.4 Å². The van der Waals surface area contributed by atoms with E-state index < -0.39 is 0 Å². The normalized spacial score (nSPS) is 10.0. The van der Waals surface area contributed by atoms with Crippen molar-refractivity contribution < 1.29 is 0 Å². The summed E-state index contributed by atoms with van der Waals surface area (Å²) >= 11 is 0. The third kappa shape index (κ3) is 1.82. The highest BCUT2D eigenvalue weighted by Crippen LogP contribution is 2.10. The van der Waals surface area contributed by atoms with E-state index in [1.54, 1.807) is 12.4 Å². The summed E-state index contributed by atoms with van der Waals surface area (Å²) in [5, 5.41) is 11.0. The van der Waals surface area contributed by atoms with Gasteiger partial charge in [-0.05, 0) is 16.8 Å². The standard InChI is InChI=1S/C9H9N5/c10-8-6-12-14-13-9(8)4-7-2-1-3-11-5-7/h1-3,5-6H,4H2,(H2,10,14). The average molecular weight is 187 g/mol. The topological polar surface area (TPSA) is 77.6 Å². The number of anilines is 1. The summed E-state index contributed by atoms with van der Waals surface area (Å²) in [6, 6.07) is 3.84. The number of pyridine rings is 1. The van der Waals surface area contributed by atoms with Gasteiger partial charge in [-0.15, -0.1) is 10.2 Å².